The molecule has 3 aromatic rings. The van der Waals surface area contributed by atoms with Crippen LogP contribution < -0.4 is 5.69 Å². The predicted molar refractivity (Wildman–Crippen MR) is 82.3 cm³/mol. The van der Waals surface area contributed by atoms with Crippen LogP contribution >= 0.6 is 11.3 Å². The fourth-order valence-corrected chi connectivity index (χ4v) is 3.33. The highest BCUT2D eigenvalue weighted by Crippen LogP contribution is 2.21. The Balaban J connectivity index is 2.08. The number of carboxylic acid groups (broad SMARTS) is 1. The average molecular weight is 302 g/mol. The van der Waals surface area contributed by atoms with Crippen LogP contribution in [0.25, 0.3) is 11.0 Å². The molecule has 108 valence electrons. The number of hydrogen-bond donors (Lipinski definition) is 2. The van der Waals surface area contributed by atoms with Crippen LogP contribution in [0.15, 0.2) is 40.5 Å². The van der Waals surface area contributed by atoms with E-state index in [0.29, 0.717) is 11.0 Å². The molecule has 1 atom stereocenters. The SMILES string of the molecule is CC(Cc1cccs1)n1c(=O)[nH]c2ccc(C(=O)O)cc21. The van der Waals surface area contributed by atoms with Crippen LogP contribution in [-0.4, -0.2) is 20.6 Å². The fraction of sp³-hybridized carbons (Fsp3) is 0.200. The van der Waals surface area contributed by atoms with E-state index in [1.807, 2.05) is 24.4 Å². The number of benzene rings is 1. The van der Waals surface area contributed by atoms with Gasteiger partial charge in [-0.2, -0.15) is 0 Å². The summed E-state index contributed by atoms with van der Waals surface area (Å²) in [6.45, 7) is 1.96. The zero-order valence-corrected chi connectivity index (χ0v) is 12.2. The molecule has 6 heteroatoms. The molecule has 2 heterocycles. The third kappa shape index (κ3) is 2.50. The number of aromatic carboxylic acids is 1. The maximum absolute atomic E-state index is 12.2. The number of fused-ring (bicyclic) bond motifs is 1. The van der Waals surface area contributed by atoms with Crippen molar-refractivity contribution in [3.63, 3.8) is 0 Å². The number of rotatable bonds is 4. The fourth-order valence-electron chi connectivity index (χ4n) is 2.50. The predicted octanol–water partition coefficient (Wildman–Crippen LogP) is 2.89. The summed E-state index contributed by atoms with van der Waals surface area (Å²) < 4.78 is 1.63. The first kappa shape index (κ1) is 13.6. The third-order valence-corrected chi connectivity index (χ3v) is 4.38. The Morgan fingerprint density at radius 3 is 2.90 bits per heavy atom. The van der Waals surface area contributed by atoms with Crippen molar-refractivity contribution in [1.82, 2.24) is 9.55 Å². The Labute approximate surface area is 124 Å². The molecule has 0 radical (unpaired) electrons. The number of carbonyl (C=O) groups is 1. The first-order valence-electron chi connectivity index (χ1n) is 6.56. The number of carboxylic acids is 1. The number of aromatic amines is 1. The van der Waals surface area contributed by atoms with Crippen molar-refractivity contribution in [1.29, 1.82) is 0 Å². The molecule has 0 bridgehead atoms. The molecule has 0 aliphatic carbocycles. The number of thiophene rings is 1. The van der Waals surface area contributed by atoms with Crippen LogP contribution in [0.4, 0.5) is 0 Å². The van der Waals surface area contributed by atoms with Gasteiger partial charge in [0.15, 0.2) is 0 Å². The molecule has 1 aromatic carbocycles. The monoisotopic (exact) mass is 302 g/mol. The van der Waals surface area contributed by atoms with Gasteiger partial charge in [0.25, 0.3) is 0 Å². The minimum Gasteiger partial charge on any atom is -0.478 e. The lowest BCUT2D eigenvalue weighted by molar-refractivity contribution is 0.0697. The standard InChI is InChI=1S/C15H14N2O3S/c1-9(7-11-3-2-6-21-11)17-13-8-10(14(18)19)4-5-12(13)16-15(17)20/h2-6,8-9H,7H2,1H3,(H,16,20)(H,18,19). The molecule has 2 aromatic heterocycles. The molecule has 2 N–H and O–H groups in total. The smallest absolute Gasteiger partial charge is 0.335 e. The van der Waals surface area contributed by atoms with E-state index in [2.05, 4.69) is 4.98 Å². The van der Waals surface area contributed by atoms with Gasteiger partial charge in [0.05, 0.1) is 16.6 Å². The van der Waals surface area contributed by atoms with Crippen LogP contribution in [0.3, 0.4) is 0 Å². The minimum atomic E-state index is -0.997. The van der Waals surface area contributed by atoms with Crippen molar-refractivity contribution >= 4 is 28.3 Å². The Morgan fingerprint density at radius 2 is 2.24 bits per heavy atom. The highest BCUT2D eigenvalue weighted by molar-refractivity contribution is 7.09. The Bertz CT molecular complexity index is 846. The molecule has 1 unspecified atom stereocenters. The topological polar surface area (TPSA) is 75.1 Å². The van der Waals surface area contributed by atoms with E-state index in [-0.39, 0.29) is 17.3 Å². The van der Waals surface area contributed by atoms with Crippen LogP contribution in [0.2, 0.25) is 0 Å². The highest BCUT2D eigenvalue weighted by Gasteiger charge is 2.15. The third-order valence-electron chi connectivity index (χ3n) is 3.48. The summed E-state index contributed by atoms with van der Waals surface area (Å²) in [7, 11) is 0. The van der Waals surface area contributed by atoms with E-state index in [0.717, 1.165) is 6.42 Å². The zero-order valence-electron chi connectivity index (χ0n) is 11.4. The number of nitrogens with zero attached hydrogens (tertiary/aromatic N) is 1. The average Bonchev–Trinajstić information content (AvgIpc) is 3.03. The van der Waals surface area contributed by atoms with Crippen molar-refractivity contribution in [2.24, 2.45) is 0 Å². The first-order valence-corrected chi connectivity index (χ1v) is 7.44. The zero-order chi connectivity index (χ0) is 15.0. The summed E-state index contributed by atoms with van der Waals surface area (Å²) in [6.07, 6.45) is 0.738. The Morgan fingerprint density at radius 1 is 1.43 bits per heavy atom. The summed E-state index contributed by atoms with van der Waals surface area (Å²) in [6, 6.07) is 8.63. The van der Waals surface area contributed by atoms with Gasteiger partial charge in [0, 0.05) is 17.3 Å². The molecule has 0 saturated carbocycles. The number of imidazole rings is 1. The molecule has 21 heavy (non-hydrogen) atoms. The summed E-state index contributed by atoms with van der Waals surface area (Å²) in [5.74, 6) is -0.997. The molecular weight excluding hydrogens is 288 g/mol. The van der Waals surface area contributed by atoms with Crippen molar-refractivity contribution in [3.8, 4) is 0 Å². The van der Waals surface area contributed by atoms with Crippen molar-refractivity contribution in [2.75, 3.05) is 0 Å². The van der Waals surface area contributed by atoms with Crippen molar-refractivity contribution in [3.05, 3.63) is 56.6 Å². The van der Waals surface area contributed by atoms with Gasteiger partial charge in [0.2, 0.25) is 0 Å². The van der Waals surface area contributed by atoms with E-state index >= 15 is 0 Å². The van der Waals surface area contributed by atoms with E-state index in [1.165, 1.54) is 10.9 Å². The molecular formula is C15H14N2O3S. The highest BCUT2D eigenvalue weighted by atomic mass is 32.1. The number of hydrogen-bond acceptors (Lipinski definition) is 3. The Kier molecular flexibility index (Phi) is 3.39. The van der Waals surface area contributed by atoms with Crippen LogP contribution in [0.5, 0.6) is 0 Å². The molecule has 0 saturated heterocycles. The van der Waals surface area contributed by atoms with E-state index < -0.39 is 5.97 Å². The van der Waals surface area contributed by atoms with Gasteiger partial charge in [-0.15, -0.1) is 11.3 Å². The molecule has 3 rings (SSSR count). The molecule has 0 aliphatic rings. The number of aromatic nitrogens is 2. The number of nitrogens with one attached hydrogen (secondary N) is 1. The molecule has 0 spiro atoms. The largest absolute Gasteiger partial charge is 0.478 e. The second-order valence-corrected chi connectivity index (χ2v) is 6.00. The summed E-state index contributed by atoms with van der Waals surface area (Å²) in [4.78, 5) is 27.2. The van der Waals surface area contributed by atoms with Gasteiger partial charge < -0.3 is 10.1 Å². The van der Waals surface area contributed by atoms with Crippen molar-refractivity contribution < 1.29 is 9.90 Å². The van der Waals surface area contributed by atoms with Gasteiger partial charge >= 0.3 is 11.7 Å². The van der Waals surface area contributed by atoms with Gasteiger partial charge in [-0.05, 0) is 36.6 Å². The van der Waals surface area contributed by atoms with E-state index in [1.54, 1.807) is 28.0 Å². The summed E-state index contributed by atoms with van der Waals surface area (Å²) >= 11 is 1.65. The van der Waals surface area contributed by atoms with E-state index in [4.69, 9.17) is 5.11 Å². The second-order valence-electron chi connectivity index (χ2n) is 4.97. The normalized spacial score (nSPS) is 12.6. The lowest BCUT2D eigenvalue weighted by Crippen LogP contribution is -2.21. The summed E-state index contributed by atoms with van der Waals surface area (Å²) in [5, 5.41) is 11.1. The second kappa shape index (κ2) is 5.21. The Hall–Kier alpha value is -2.34. The van der Waals surface area contributed by atoms with Gasteiger partial charge in [-0.25, -0.2) is 9.59 Å². The minimum absolute atomic E-state index is 0.0473. The lowest BCUT2D eigenvalue weighted by atomic mass is 10.1. The van der Waals surface area contributed by atoms with Crippen LogP contribution in [-0.2, 0) is 6.42 Å². The van der Waals surface area contributed by atoms with Gasteiger partial charge in [0.1, 0.15) is 0 Å². The molecule has 0 fully saturated rings. The number of H-pyrrole nitrogens is 1. The molecule has 0 amide bonds. The molecule has 5 nitrogen and oxygen atoms in total. The van der Waals surface area contributed by atoms with Crippen LogP contribution in [0, 0.1) is 0 Å². The maximum atomic E-state index is 12.2. The van der Waals surface area contributed by atoms with Crippen molar-refractivity contribution in [2.45, 2.75) is 19.4 Å². The maximum Gasteiger partial charge on any atom is 0.335 e. The summed E-state index contributed by atoms with van der Waals surface area (Å²) in [5.41, 5.74) is 1.25. The van der Waals surface area contributed by atoms with Gasteiger partial charge in [-0.1, -0.05) is 6.07 Å². The molecule has 0 aliphatic heterocycles. The lowest BCUT2D eigenvalue weighted by Gasteiger charge is -2.12. The first-order chi connectivity index (χ1) is 10.1. The van der Waals surface area contributed by atoms with E-state index in [9.17, 15) is 9.59 Å². The quantitative estimate of drug-likeness (QED) is 0.778. The van der Waals surface area contributed by atoms with Gasteiger partial charge in [-0.3, -0.25) is 4.57 Å². The van der Waals surface area contributed by atoms with Crippen LogP contribution in [0.1, 0.15) is 28.2 Å².